The number of rotatable bonds is 3. The Morgan fingerprint density at radius 3 is 2.24 bits per heavy atom. The molecule has 2 bridgehead atoms. The molecule has 0 N–H and O–H groups in total. The standard InChI is InChI=1S/C21H14F7N3O3/c22-19(23,20(24,25)21(26,27)28)17(33)29-9-11-8-14(29)15-16(32)31(18(34)30(11)15)13-7-3-5-10-4-1-2-6-12(10)13/h1-7,11,14-15H,8-9H2/t11-,14?,15?/m1/s1. The summed E-state index contributed by atoms with van der Waals surface area (Å²) in [6.07, 6.45) is -6.85. The van der Waals surface area contributed by atoms with Crippen molar-refractivity contribution < 1.29 is 45.1 Å². The number of piperazine rings is 1. The van der Waals surface area contributed by atoms with Crippen LogP contribution in [0.2, 0.25) is 0 Å². The number of fused-ring (bicyclic) bond motifs is 6. The van der Waals surface area contributed by atoms with Crippen LogP contribution >= 0.6 is 0 Å². The number of carbonyl (C=O) groups excluding carboxylic acids is 3. The Labute approximate surface area is 186 Å². The van der Waals surface area contributed by atoms with Crippen molar-refractivity contribution in [1.82, 2.24) is 9.80 Å². The van der Waals surface area contributed by atoms with Gasteiger partial charge in [-0.3, -0.25) is 9.59 Å². The molecule has 5 rings (SSSR count). The number of imide groups is 1. The van der Waals surface area contributed by atoms with Gasteiger partial charge in [-0.2, -0.15) is 30.7 Å². The van der Waals surface area contributed by atoms with Gasteiger partial charge >= 0.3 is 24.1 Å². The fourth-order valence-electron chi connectivity index (χ4n) is 5.01. The maximum atomic E-state index is 14.1. The van der Waals surface area contributed by atoms with Crippen LogP contribution in [0, 0.1) is 0 Å². The molecule has 3 heterocycles. The summed E-state index contributed by atoms with van der Waals surface area (Å²) < 4.78 is 92.6. The van der Waals surface area contributed by atoms with Crippen molar-refractivity contribution in [2.75, 3.05) is 11.4 Å². The summed E-state index contributed by atoms with van der Waals surface area (Å²) in [5, 5.41) is 1.23. The van der Waals surface area contributed by atoms with Crippen LogP contribution in [0.5, 0.6) is 0 Å². The Morgan fingerprint density at radius 1 is 0.912 bits per heavy atom. The third-order valence-electron chi connectivity index (χ3n) is 6.55. The average molecular weight is 489 g/mol. The number of benzene rings is 2. The fourth-order valence-corrected chi connectivity index (χ4v) is 5.01. The van der Waals surface area contributed by atoms with E-state index >= 15 is 0 Å². The molecule has 2 aromatic rings. The number of carbonyl (C=O) groups is 3. The number of anilines is 1. The van der Waals surface area contributed by atoms with Crippen molar-refractivity contribution in [3.05, 3.63) is 42.5 Å². The molecule has 3 aliphatic heterocycles. The second-order valence-electron chi connectivity index (χ2n) is 8.37. The molecule has 0 aliphatic carbocycles. The van der Waals surface area contributed by atoms with Crippen molar-refractivity contribution in [3.8, 4) is 0 Å². The lowest BCUT2D eigenvalue weighted by atomic mass is 10.0. The summed E-state index contributed by atoms with van der Waals surface area (Å²) in [6, 6.07) is 6.92. The molecule has 3 fully saturated rings. The monoisotopic (exact) mass is 489 g/mol. The highest BCUT2D eigenvalue weighted by Gasteiger charge is 2.78. The van der Waals surface area contributed by atoms with Gasteiger partial charge in [0.05, 0.1) is 17.8 Å². The van der Waals surface area contributed by atoms with Crippen LogP contribution in [-0.4, -0.2) is 70.3 Å². The van der Waals surface area contributed by atoms with E-state index < -0.39 is 60.5 Å². The van der Waals surface area contributed by atoms with Crippen LogP contribution in [0.15, 0.2) is 42.5 Å². The Hall–Kier alpha value is -3.38. The molecule has 13 heteroatoms. The van der Waals surface area contributed by atoms with Crippen molar-refractivity contribution in [3.63, 3.8) is 0 Å². The number of alkyl halides is 7. The number of hydrogen-bond acceptors (Lipinski definition) is 3. The van der Waals surface area contributed by atoms with Gasteiger partial charge in [0, 0.05) is 11.9 Å². The summed E-state index contributed by atoms with van der Waals surface area (Å²) in [5.74, 6) is -16.3. The van der Waals surface area contributed by atoms with Gasteiger partial charge in [0.25, 0.3) is 11.8 Å². The van der Waals surface area contributed by atoms with Crippen LogP contribution in [0.1, 0.15) is 6.42 Å². The molecule has 0 aromatic heterocycles. The summed E-state index contributed by atoms with van der Waals surface area (Å²) in [4.78, 5) is 40.6. The molecule has 2 aromatic carbocycles. The molecule has 180 valence electrons. The van der Waals surface area contributed by atoms with E-state index in [4.69, 9.17) is 0 Å². The van der Waals surface area contributed by atoms with E-state index in [2.05, 4.69) is 0 Å². The zero-order chi connectivity index (χ0) is 24.8. The number of likely N-dealkylation sites (tertiary alicyclic amines) is 1. The number of hydrogen-bond donors (Lipinski definition) is 0. The maximum Gasteiger partial charge on any atom is 0.460 e. The van der Waals surface area contributed by atoms with Crippen molar-refractivity contribution in [2.45, 2.75) is 42.6 Å². The van der Waals surface area contributed by atoms with E-state index in [1.807, 2.05) is 0 Å². The zero-order valence-corrected chi connectivity index (χ0v) is 16.9. The topological polar surface area (TPSA) is 60.9 Å². The number of halogens is 7. The predicted molar refractivity (Wildman–Crippen MR) is 102 cm³/mol. The first-order chi connectivity index (χ1) is 15.8. The average Bonchev–Trinajstić information content (AvgIpc) is 3.43. The first-order valence-corrected chi connectivity index (χ1v) is 10.1. The smallest absolute Gasteiger partial charge is 0.330 e. The lowest BCUT2D eigenvalue weighted by molar-refractivity contribution is -0.346. The Balaban J connectivity index is 1.48. The molecule has 2 unspecified atom stereocenters. The quantitative estimate of drug-likeness (QED) is 0.487. The highest BCUT2D eigenvalue weighted by atomic mass is 19.4. The highest BCUT2D eigenvalue weighted by molar-refractivity contribution is 6.25. The number of urea groups is 1. The highest BCUT2D eigenvalue weighted by Crippen LogP contribution is 2.50. The zero-order valence-electron chi connectivity index (χ0n) is 16.9. The second-order valence-corrected chi connectivity index (χ2v) is 8.37. The number of nitrogens with zero attached hydrogens (tertiary/aromatic N) is 3. The van der Waals surface area contributed by atoms with E-state index in [0.717, 1.165) is 9.80 Å². The molecule has 3 aliphatic rings. The molecule has 0 spiro atoms. The second kappa shape index (κ2) is 6.83. The van der Waals surface area contributed by atoms with Gasteiger partial charge in [0.15, 0.2) is 0 Å². The first-order valence-electron chi connectivity index (χ1n) is 10.1. The molecule has 34 heavy (non-hydrogen) atoms. The maximum absolute atomic E-state index is 14.1. The number of amides is 4. The minimum absolute atomic E-state index is 0.170. The summed E-state index contributed by atoms with van der Waals surface area (Å²) >= 11 is 0. The van der Waals surface area contributed by atoms with Gasteiger partial charge in [-0.1, -0.05) is 36.4 Å². The van der Waals surface area contributed by atoms with E-state index in [-0.39, 0.29) is 17.0 Å². The lowest BCUT2D eigenvalue weighted by Gasteiger charge is -2.38. The molecule has 4 amide bonds. The van der Waals surface area contributed by atoms with Gasteiger partial charge < -0.3 is 9.80 Å². The van der Waals surface area contributed by atoms with Gasteiger partial charge in [0.2, 0.25) is 0 Å². The Bertz CT molecular complexity index is 1230. The molecule has 3 atom stereocenters. The van der Waals surface area contributed by atoms with Crippen molar-refractivity contribution >= 4 is 34.3 Å². The van der Waals surface area contributed by atoms with Crippen molar-refractivity contribution in [2.24, 2.45) is 0 Å². The van der Waals surface area contributed by atoms with E-state index in [1.54, 1.807) is 36.4 Å². The predicted octanol–water partition coefficient (Wildman–Crippen LogP) is 3.79. The first kappa shape index (κ1) is 22.4. The van der Waals surface area contributed by atoms with E-state index in [9.17, 15) is 45.1 Å². The SMILES string of the molecule is O=C1C2C3C[C@H](CN3C(=O)C(F)(F)C(F)(F)C(F)(F)F)N2C(=O)N1c1cccc2ccccc12. The van der Waals surface area contributed by atoms with Crippen LogP contribution < -0.4 is 4.90 Å². The Kier molecular flexibility index (Phi) is 4.50. The Morgan fingerprint density at radius 2 is 1.56 bits per heavy atom. The molecule has 0 radical (unpaired) electrons. The minimum atomic E-state index is -6.67. The van der Waals surface area contributed by atoms with Gasteiger partial charge in [-0.05, 0) is 17.9 Å². The fraction of sp³-hybridized carbons (Fsp3) is 0.381. The summed E-state index contributed by atoms with van der Waals surface area (Å²) in [7, 11) is 0. The van der Waals surface area contributed by atoms with Crippen LogP contribution in [-0.2, 0) is 9.59 Å². The van der Waals surface area contributed by atoms with Gasteiger partial charge in [-0.15, -0.1) is 0 Å². The van der Waals surface area contributed by atoms with Crippen LogP contribution in [0.3, 0.4) is 0 Å². The molecular weight excluding hydrogens is 475 g/mol. The van der Waals surface area contributed by atoms with Crippen molar-refractivity contribution in [1.29, 1.82) is 0 Å². The third-order valence-corrected chi connectivity index (χ3v) is 6.55. The summed E-state index contributed by atoms with van der Waals surface area (Å²) in [6.45, 7) is -0.689. The largest absolute Gasteiger partial charge is 0.460 e. The third kappa shape index (κ3) is 2.72. The summed E-state index contributed by atoms with van der Waals surface area (Å²) in [5.41, 5.74) is 0.203. The van der Waals surface area contributed by atoms with Gasteiger partial charge in [-0.25, -0.2) is 9.69 Å². The van der Waals surface area contributed by atoms with Crippen LogP contribution in [0.25, 0.3) is 10.8 Å². The van der Waals surface area contributed by atoms with Crippen LogP contribution in [0.4, 0.5) is 41.2 Å². The molecular formula is C21H14F7N3O3. The van der Waals surface area contributed by atoms with E-state index in [1.165, 1.54) is 6.07 Å². The molecule has 0 saturated carbocycles. The molecule has 6 nitrogen and oxygen atoms in total. The normalized spacial score (nSPS) is 25.0. The minimum Gasteiger partial charge on any atom is -0.330 e. The van der Waals surface area contributed by atoms with E-state index in [0.29, 0.717) is 10.8 Å². The van der Waals surface area contributed by atoms with Gasteiger partial charge in [0.1, 0.15) is 6.04 Å². The molecule has 3 saturated heterocycles. The lowest BCUT2D eigenvalue weighted by Crippen LogP contribution is -2.64.